The Labute approximate surface area is 294 Å². The first-order chi connectivity index (χ1) is 20.4. The number of thiophene rings is 1. The zero-order chi connectivity index (χ0) is 31.7. The van der Waals surface area contributed by atoms with Gasteiger partial charge in [0.15, 0.2) is 0 Å². The van der Waals surface area contributed by atoms with Crippen LogP contribution in [0, 0.1) is 51.4 Å². The van der Waals surface area contributed by atoms with Crippen LogP contribution in [0.15, 0.2) is 113 Å². The molecule has 5 rings (SSSR count). The molecule has 0 radical (unpaired) electrons. The lowest BCUT2D eigenvalue weighted by Crippen LogP contribution is -2.07. The van der Waals surface area contributed by atoms with Crippen molar-refractivity contribution in [2.24, 2.45) is 0 Å². The number of para-hydroxylation sites is 1. The van der Waals surface area contributed by atoms with Crippen LogP contribution in [-0.2, 0) is 6.18 Å². The van der Waals surface area contributed by atoms with Gasteiger partial charge in [-0.25, -0.2) is 0 Å². The van der Waals surface area contributed by atoms with Gasteiger partial charge in [-0.3, -0.25) is 4.98 Å². The van der Waals surface area contributed by atoms with Gasteiger partial charge >= 0.3 is 6.18 Å². The highest BCUT2D eigenvalue weighted by Crippen LogP contribution is 2.27. The molecule has 0 bridgehead atoms. The molecule has 5 aromatic rings. The lowest BCUT2D eigenvalue weighted by molar-refractivity contribution is -0.141. The molecule has 0 atom stereocenters. The number of benzene rings is 3. The fraction of sp³-hybridized carbons (Fsp3) is 0.225. The van der Waals surface area contributed by atoms with E-state index >= 15 is 0 Å². The molecule has 0 saturated carbocycles. The molecule has 0 fully saturated rings. The Hall–Kier alpha value is -4.30. The minimum absolute atomic E-state index is 0. The summed E-state index contributed by atoms with van der Waals surface area (Å²) >= 11 is 5.11. The molecule has 2 N–H and O–H groups in total. The molecule has 7 heteroatoms. The molecule has 0 amide bonds. The topological polar surface area (TPSA) is 38.9 Å². The third-order valence-electron chi connectivity index (χ3n) is 5.33. The van der Waals surface area contributed by atoms with Crippen LogP contribution in [-0.4, -0.2) is 4.98 Å². The molecule has 252 valence electrons. The largest absolute Gasteiger partial charge is 0.433 e. The van der Waals surface area contributed by atoms with Crippen molar-refractivity contribution in [3.05, 3.63) is 151 Å². The Morgan fingerprint density at radius 2 is 1.17 bits per heavy atom. The average molecular weight is 726 g/mol. The second kappa shape index (κ2) is 24.9. The molecule has 0 spiro atoms. The minimum atomic E-state index is -4.33. The van der Waals surface area contributed by atoms with E-state index in [0.29, 0.717) is 5.69 Å². The summed E-state index contributed by atoms with van der Waals surface area (Å²) in [4.78, 5) is 4.58. The van der Waals surface area contributed by atoms with Gasteiger partial charge in [-0.05, 0) is 103 Å². The third kappa shape index (κ3) is 20.4. The van der Waals surface area contributed by atoms with Gasteiger partial charge in [0, 0.05) is 27.9 Å². The van der Waals surface area contributed by atoms with E-state index in [4.69, 9.17) is 5.73 Å². The second-order valence-electron chi connectivity index (χ2n) is 9.18. The van der Waals surface area contributed by atoms with Crippen LogP contribution in [0.3, 0.4) is 0 Å². The second-order valence-corrected chi connectivity index (χ2v) is 11.8. The van der Waals surface area contributed by atoms with Gasteiger partial charge in [0.05, 0.1) is 3.79 Å². The predicted octanol–water partition coefficient (Wildman–Crippen LogP) is 12.7. The summed E-state index contributed by atoms with van der Waals surface area (Å²) in [7, 11) is 0. The minimum Gasteiger partial charge on any atom is -0.398 e. The van der Waals surface area contributed by atoms with Crippen LogP contribution in [0.4, 0.5) is 18.9 Å². The van der Waals surface area contributed by atoms with Gasteiger partial charge in [-0.15, -0.1) is 11.3 Å². The van der Waals surface area contributed by atoms with Crippen LogP contribution in [0.25, 0.3) is 0 Å². The Bertz CT molecular complexity index is 1640. The van der Waals surface area contributed by atoms with Gasteiger partial charge in [0.2, 0.25) is 0 Å². The normalized spacial score (nSPS) is 8.77. The van der Waals surface area contributed by atoms with E-state index in [1.54, 1.807) is 18.3 Å². The van der Waals surface area contributed by atoms with Gasteiger partial charge in [-0.1, -0.05) is 113 Å². The highest BCUT2D eigenvalue weighted by molar-refractivity contribution is 9.11. The first-order valence-corrected chi connectivity index (χ1v) is 14.7. The number of halogens is 4. The number of alkyl halides is 3. The third-order valence-corrected chi connectivity index (χ3v) is 6.87. The Morgan fingerprint density at radius 3 is 1.60 bits per heavy atom. The summed E-state index contributed by atoms with van der Waals surface area (Å²) in [5.74, 6) is 11.6. The van der Waals surface area contributed by atoms with Crippen LogP contribution < -0.4 is 5.73 Å². The van der Waals surface area contributed by atoms with Crippen molar-refractivity contribution in [1.82, 2.24) is 4.98 Å². The van der Waals surface area contributed by atoms with E-state index in [1.807, 2.05) is 66.7 Å². The molecule has 0 unspecified atom stereocenters. The monoisotopic (exact) mass is 724 g/mol. The van der Waals surface area contributed by atoms with Crippen molar-refractivity contribution in [3.8, 4) is 23.7 Å². The van der Waals surface area contributed by atoms with Crippen molar-refractivity contribution >= 4 is 33.0 Å². The standard InChI is InChI=1S/C17H13N.C7H6F3N.C7H8.C5H5BrS.4CH4/c1-14-10-12-15(13-11-14)6-2-3-7-16-8-4-5-9-17(16)18;1-5-2-3-6(11-4-5)7(8,9)10;1-7-5-3-2-4-6-7;1-4-2-3-5(6)7-4;;;;/h4-5,8-13H,18H2,1H3;2-4H,1H3;2-6H,1H3;2-3H,1H3;4*1H4. The van der Waals surface area contributed by atoms with Crippen LogP contribution in [0.5, 0.6) is 0 Å². The van der Waals surface area contributed by atoms with Crippen LogP contribution >= 0.6 is 27.3 Å². The number of nitrogens with zero attached hydrogens (tertiary/aromatic N) is 1. The van der Waals surface area contributed by atoms with Crippen molar-refractivity contribution in [1.29, 1.82) is 0 Å². The number of anilines is 1. The summed E-state index contributed by atoms with van der Waals surface area (Å²) < 4.78 is 36.8. The summed E-state index contributed by atoms with van der Waals surface area (Å²) in [5.41, 5.74) is 10.7. The van der Waals surface area contributed by atoms with E-state index in [-0.39, 0.29) is 29.7 Å². The number of hydrogen-bond donors (Lipinski definition) is 1. The molecule has 0 saturated heterocycles. The molecule has 0 aliphatic heterocycles. The molecule has 47 heavy (non-hydrogen) atoms. The van der Waals surface area contributed by atoms with E-state index in [0.717, 1.165) is 22.8 Å². The maximum absolute atomic E-state index is 11.9. The van der Waals surface area contributed by atoms with Crippen molar-refractivity contribution in [2.75, 3.05) is 5.73 Å². The zero-order valence-electron chi connectivity index (χ0n) is 24.3. The highest BCUT2D eigenvalue weighted by atomic mass is 79.9. The number of aryl methyl sites for hydroxylation is 4. The van der Waals surface area contributed by atoms with Crippen molar-refractivity contribution in [2.45, 2.75) is 63.6 Å². The number of pyridine rings is 1. The first kappa shape index (κ1) is 47.1. The molecular weight excluding hydrogens is 677 g/mol. The Kier molecular flexibility index (Phi) is 24.9. The first-order valence-electron chi connectivity index (χ1n) is 13.1. The van der Waals surface area contributed by atoms with Gasteiger partial charge < -0.3 is 5.73 Å². The fourth-order valence-corrected chi connectivity index (χ4v) is 4.50. The van der Waals surface area contributed by atoms with Crippen LogP contribution in [0.1, 0.15) is 68.1 Å². The fourth-order valence-electron chi connectivity index (χ4n) is 3.02. The van der Waals surface area contributed by atoms with E-state index in [9.17, 15) is 13.2 Å². The summed E-state index contributed by atoms with van der Waals surface area (Å²) in [6.07, 6.45) is -3.13. The lowest BCUT2D eigenvalue weighted by atomic mass is 10.1. The summed E-state index contributed by atoms with van der Waals surface area (Å²) in [5, 5.41) is 0. The number of nitrogens with two attached hydrogens (primary N) is 1. The quantitative estimate of drug-likeness (QED) is 0.128. The Morgan fingerprint density at radius 1 is 0.638 bits per heavy atom. The molecule has 0 aliphatic rings. The maximum Gasteiger partial charge on any atom is 0.433 e. The summed E-state index contributed by atoms with van der Waals surface area (Å²) in [6, 6.07) is 32.3. The Balaban J connectivity index is -0.000000577. The van der Waals surface area contributed by atoms with Crippen molar-refractivity contribution < 1.29 is 13.2 Å². The lowest BCUT2D eigenvalue weighted by Gasteiger charge is -2.03. The maximum atomic E-state index is 11.9. The van der Waals surface area contributed by atoms with E-state index in [2.05, 4.69) is 89.6 Å². The zero-order valence-corrected chi connectivity index (χ0v) is 26.7. The molecule has 2 nitrogen and oxygen atoms in total. The van der Waals surface area contributed by atoms with E-state index in [1.165, 1.54) is 32.1 Å². The average Bonchev–Trinajstić information content (AvgIpc) is 3.36. The number of aromatic nitrogens is 1. The van der Waals surface area contributed by atoms with E-state index < -0.39 is 11.9 Å². The molecule has 2 aromatic heterocycles. The molecular formula is C40H48BrF3N2S. The molecule has 2 heterocycles. The highest BCUT2D eigenvalue weighted by Gasteiger charge is 2.31. The number of nitrogen functional groups attached to an aromatic ring is 1. The SMILES string of the molecule is C.C.C.C.Cc1ccc(Br)s1.Cc1ccc(C#CC#Cc2ccccc2N)cc1.Cc1ccc(C(F)(F)F)nc1.Cc1ccccc1. The smallest absolute Gasteiger partial charge is 0.398 e. The predicted molar refractivity (Wildman–Crippen MR) is 205 cm³/mol. The molecule has 0 aliphatic carbocycles. The summed E-state index contributed by atoms with van der Waals surface area (Å²) in [6.45, 7) is 7.91. The molecule has 3 aromatic carbocycles. The van der Waals surface area contributed by atoms with Crippen molar-refractivity contribution in [3.63, 3.8) is 0 Å². The van der Waals surface area contributed by atoms with Gasteiger partial charge in [-0.2, -0.15) is 13.2 Å². The number of rotatable bonds is 0. The van der Waals surface area contributed by atoms with Gasteiger partial charge in [0.25, 0.3) is 0 Å². The van der Waals surface area contributed by atoms with Crippen LogP contribution in [0.2, 0.25) is 0 Å². The van der Waals surface area contributed by atoms with Gasteiger partial charge in [0.1, 0.15) is 5.69 Å². The number of hydrogen-bond acceptors (Lipinski definition) is 3.